The van der Waals surface area contributed by atoms with Crippen LogP contribution in [0.2, 0.25) is 5.02 Å². The van der Waals surface area contributed by atoms with E-state index >= 15 is 0 Å². The Morgan fingerprint density at radius 3 is 2.69 bits per heavy atom. The fourth-order valence-electron chi connectivity index (χ4n) is 1.28. The molecule has 0 bridgehead atoms. The molecule has 2 N–H and O–H groups in total. The zero-order valence-electron chi connectivity index (χ0n) is 9.88. The molecule has 0 fully saturated rings. The molecule has 0 aliphatic rings. The SMILES string of the molecule is COc1cc(NCCC(C)(C)O)ccc1Cl. The topological polar surface area (TPSA) is 41.5 Å². The van der Waals surface area contributed by atoms with Crippen molar-refractivity contribution < 1.29 is 9.84 Å². The molecule has 16 heavy (non-hydrogen) atoms. The number of benzene rings is 1. The molecule has 0 amide bonds. The zero-order chi connectivity index (χ0) is 12.2. The van der Waals surface area contributed by atoms with E-state index in [1.807, 2.05) is 12.1 Å². The van der Waals surface area contributed by atoms with Crippen molar-refractivity contribution in [3.8, 4) is 5.75 Å². The van der Waals surface area contributed by atoms with Crippen LogP contribution >= 0.6 is 11.6 Å². The van der Waals surface area contributed by atoms with Crippen molar-refractivity contribution in [1.82, 2.24) is 0 Å². The molecule has 0 unspecified atom stereocenters. The number of methoxy groups -OCH3 is 1. The van der Waals surface area contributed by atoms with Crippen molar-refractivity contribution in [2.75, 3.05) is 19.0 Å². The maximum absolute atomic E-state index is 9.55. The largest absolute Gasteiger partial charge is 0.495 e. The summed E-state index contributed by atoms with van der Waals surface area (Å²) in [7, 11) is 1.59. The number of nitrogens with one attached hydrogen (secondary N) is 1. The molecular formula is C12H18ClNO2. The minimum absolute atomic E-state index is 0.593. The molecule has 0 radical (unpaired) electrons. The Balaban J connectivity index is 2.55. The molecule has 0 aliphatic carbocycles. The van der Waals surface area contributed by atoms with Crippen LogP contribution in [0.4, 0.5) is 5.69 Å². The lowest BCUT2D eigenvalue weighted by molar-refractivity contribution is 0.0749. The lowest BCUT2D eigenvalue weighted by atomic mass is 10.1. The number of aliphatic hydroxyl groups is 1. The first kappa shape index (κ1) is 13.1. The minimum atomic E-state index is -0.649. The number of hydrogen-bond donors (Lipinski definition) is 2. The highest BCUT2D eigenvalue weighted by molar-refractivity contribution is 6.32. The predicted molar refractivity (Wildman–Crippen MR) is 67.4 cm³/mol. The average molecular weight is 244 g/mol. The first-order chi connectivity index (χ1) is 7.42. The smallest absolute Gasteiger partial charge is 0.139 e. The van der Waals surface area contributed by atoms with Crippen LogP contribution in [-0.4, -0.2) is 24.4 Å². The van der Waals surface area contributed by atoms with Gasteiger partial charge in [0.1, 0.15) is 5.75 Å². The van der Waals surface area contributed by atoms with Gasteiger partial charge in [-0.15, -0.1) is 0 Å². The van der Waals surface area contributed by atoms with Gasteiger partial charge in [-0.05, 0) is 32.4 Å². The molecule has 0 aromatic heterocycles. The molecule has 1 aromatic carbocycles. The summed E-state index contributed by atoms with van der Waals surface area (Å²) in [6.45, 7) is 4.28. The van der Waals surface area contributed by atoms with Gasteiger partial charge in [0.05, 0.1) is 17.7 Å². The van der Waals surface area contributed by atoms with Crippen molar-refractivity contribution in [3.63, 3.8) is 0 Å². The summed E-state index contributed by atoms with van der Waals surface area (Å²) in [6.07, 6.45) is 0.679. The van der Waals surface area contributed by atoms with Crippen molar-refractivity contribution in [1.29, 1.82) is 0 Å². The predicted octanol–water partition coefficient (Wildman–Crippen LogP) is 2.92. The lowest BCUT2D eigenvalue weighted by Crippen LogP contribution is -2.22. The maximum Gasteiger partial charge on any atom is 0.139 e. The Kier molecular flexibility index (Phi) is 4.44. The van der Waals surface area contributed by atoms with Gasteiger partial charge in [-0.25, -0.2) is 0 Å². The van der Waals surface area contributed by atoms with E-state index in [1.165, 1.54) is 0 Å². The van der Waals surface area contributed by atoms with Crippen LogP contribution in [0.1, 0.15) is 20.3 Å². The van der Waals surface area contributed by atoms with Crippen LogP contribution in [0.15, 0.2) is 18.2 Å². The third-order valence-corrected chi connectivity index (χ3v) is 2.53. The van der Waals surface area contributed by atoms with Crippen molar-refractivity contribution in [2.24, 2.45) is 0 Å². The van der Waals surface area contributed by atoms with Gasteiger partial charge >= 0.3 is 0 Å². The number of halogens is 1. The first-order valence-corrected chi connectivity index (χ1v) is 5.60. The van der Waals surface area contributed by atoms with Crippen LogP contribution in [0.5, 0.6) is 5.75 Å². The molecular weight excluding hydrogens is 226 g/mol. The summed E-state index contributed by atoms with van der Waals surface area (Å²) >= 11 is 5.91. The van der Waals surface area contributed by atoms with Gasteiger partial charge in [0.15, 0.2) is 0 Å². The van der Waals surface area contributed by atoms with E-state index < -0.39 is 5.60 Å². The summed E-state index contributed by atoms with van der Waals surface area (Å²) < 4.78 is 5.11. The van der Waals surface area contributed by atoms with Crippen LogP contribution in [0.25, 0.3) is 0 Å². The Bertz CT molecular complexity index is 347. The molecule has 1 rings (SSSR count). The van der Waals surface area contributed by atoms with Gasteiger partial charge < -0.3 is 15.2 Å². The van der Waals surface area contributed by atoms with E-state index in [9.17, 15) is 5.11 Å². The Morgan fingerprint density at radius 2 is 2.12 bits per heavy atom. The highest BCUT2D eigenvalue weighted by Crippen LogP contribution is 2.27. The summed E-state index contributed by atoms with van der Waals surface area (Å²) in [4.78, 5) is 0. The maximum atomic E-state index is 9.55. The molecule has 90 valence electrons. The van der Waals surface area contributed by atoms with Crippen LogP contribution in [0, 0.1) is 0 Å². The van der Waals surface area contributed by atoms with Crippen LogP contribution in [-0.2, 0) is 0 Å². The second-order valence-corrected chi connectivity index (χ2v) is 4.75. The zero-order valence-corrected chi connectivity index (χ0v) is 10.6. The second-order valence-electron chi connectivity index (χ2n) is 4.34. The first-order valence-electron chi connectivity index (χ1n) is 5.22. The molecule has 0 atom stereocenters. The molecule has 0 spiro atoms. The normalized spacial score (nSPS) is 11.3. The fourth-order valence-corrected chi connectivity index (χ4v) is 1.48. The van der Waals surface area contributed by atoms with Crippen LogP contribution < -0.4 is 10.1 Å². The van der Waals surface area contributed by atoms with Gasteiger partial charge in [-0.1, -0.05) is 11.6 Å². The standard InChI is InChI=1S/C12H18ClNO2/c1-12(2,15)6-7-14-9-4-5-10(13)11(8-9)16-3/h4-5,8,14-15H,6-7H2,1-3H3. The Morgan fingerprint density at radius 1 is 1.44 bits per heavy atom. The Hall–Kier alpha value is -0.930. The van der Waals surface area contributed by atoms with Gasteiger partial charge in [0.25, 0.3) is 0 Å². The van der Waals surface area contributed by atoms with Gasteiger partial charge in [-0.3, -0.25) is 0 Å². The number of anilines is 1. The van der Waals surface area contributed by atoms with E-state index in [2.05, 4.69) is 5.32 Å². The molecule has 3 nitrogen and oxygen atoms in total. The highest BCUT2D eigenvalue weighted by atomic mass is 35.5. The summed E-state index contributed by atoms with van der Waals surface area (Å²) in [5.74, 6) is 0.648. The monoisotopic (exact) mass is 243 g/mol. The van der Waals surface area contributed by atoms with Crippen LogP contribution in [0.3, 0.4) is 0 Å². The van der Waals surface area contributed by atoms with Gasteiger partial charge in [0.2, 0.25) is 0 Å². The molecule has 0 saturated carbocycles. The second kappa shape index (κ2) is 5.41. The minimum Gasteiger partial charge on any atom is -0.495 e. The molecule has 4 heteroatoms. The quantitative estimate of drug-likeness (QED) is 0.836. The van der Waals surface area contributed by atoms with E-state index in [0.29, 0.717) is 23.7 Å². The Labute approximate surface area is 101 Å². The lowest BCUT2D eigenvalue weighted by Gasteiger charge is -2.17. The van der Waals surface area contributed by atoms with E-state index in [4.69, 9.17) is 16.3 Å². The van der Waals surface area contributed by atoms with E-state index in [0.717, 1.165) is 5.69 Å². The van der Waals surface area contributed by atoms with Crippen molar-refractivity contribution >= 4 is 17.3 Å². The van der Waals surface area contributed by atoms with Gasteiger partial charge in [-0.2, -0.15) is 0 Å². The van der Waals surface area contributed by atoms with Gasteiger partial charge in [0, 0.05) is 18.3 Å². The van der Waals surface area contributed by atoms with E-state index in [1.54, 1.807) is 27.0 Å². The fraction of sp³-hybridized carbons (Fsp3) is 0.500. The van der Waals surface area contributed by atoms with Crippen molar-refractivity contribution in [3.05, 3.63) is 23.2 Å². The molecule has 0 saturated heterocycles. The molecule has 0 aliphatic heterocycles. The summed E-state index contributed by atoms with van der Waals surface area (Å²) in [5, 5.41) is 13.4. The molecule has 1 aromatic rings. The number of ether oxygens (including phenoxy) is 1. The number of rotatable bonds is 5. The summed E-state index contributed by atoms with van der Waals surface area (Å²) in [6, 6.07) is 5.51. The number of hydrogen-bond acceptors (Lipinski definition) is 3. The highest BCUT2D eigenvalue weighted by Gasteiger charge is 2.11. The third kappa shape index (κ3) is 4.29. The van der Waals surface area contributed by atoms with Crippen molar-refractivity contribution in [2.45, 2.75) is 25.9 Å². The van der Waals surface area contributed by atoms with E-state index in [-0.39, 0.29) is 0 Å². The average Bonchev–Trinajstić information content (AvgIpc) is 2.18. The summed E-state index contributed by atoms with van der Waals surface area (Å²) in [5.41, 5.74) is 0.286. The molecule has 0 heterocycles. The third-order valence-electron chi connectivity index (χ3n) is 2.22.